The Morgan fingerprint density at radius 3 is 1.90 bits per heavy atom. The van der Waals surface area contributed by atoms with E-state index in [-0.39, 0.29) is 39.8 Å². The van der Waals surface area contributed by atoms with Crippen LogP contribution in [0.2, 0.25) is 0 Å². The predicted octanol–water partition coefficient (Wildman–Crippen LogP) is 5.72. The molecule has 5 heteroatoms. The summed E-state index contributed by atoms with van der Waals surface area (Å²) in [7, 11) is 0. The van der Waals surface area contributed by atoms with Gasteiger partial charge in [-0.1, -0.05) is 82.7 Å². The first-order chi connectivity index (χ1) is 14.6. The van der Waals surface area contributed by atoms with Gasteiger partial charge >= 0.3 is 0 Å². The van der Waals surface area contributed by atoms with Crippen LogP contribution in [0.3, 0.4) is 0 Å². The summed E-state index contributed by atoms with van der Waals surface area (Å²) >= 11 is 3.39. The zero-order valence-electron chi connectivity index (χ0n) is 15.5. The van der Waals surface area contributed by atoms with Gasteiger partial charge in [0.15, 0.2) is 17.3 Å². The van der Waals surface area contributed by atoms with E-state index in [0.29, 0.717) is 16.7 Å². The van der Waals surface area contributed by atoms with E-state index in [1.165, 1.54) is 0 Å². The van der Waals surface area contributed by atoms with E-state index in [1.54, 1.807) is 66.7 Å². The van der Waals surface area contributed by atoms with Gasteiger partial charge in [0.05, 0.1) is 11.1 Å². The number of halogens is 1. The summed E-state index contributed by atoms with van der Waals surface area (Å²) in [5, 5.41) is 0. The van der Waals surface area contributed by atoms with Crippen LogP contribution in [0.25, 0.3) is 11.3 Å². The summed E-state index contributed by atoms with van der Waals surface area (Å²) in [6.07, 6.45) is 0. The Morgan fingerprint density at radius 1 is 0.700 bits per heavy atom. The van der Waals surface area contributed by atoms with Crippen LogP contribution in [-0.4, -0.2) is 17.3 Å². The van der Waals surface area contributed by atoms with Gasteiger partial charge in [0, 0.05) is 26.7 Å². The van der Waals surface area contributed by atoms with E-state index >= 15 is 0 Å². The standard InChI is InChI=1S/C25H13BrO4/c26-16-12-10-15(11-13-16)24-19-20(23(29)18-9-5-4-8-17(18)22(19)28)25(30-24)21(27)14-6-2-1-3-7-14/h1-13H. The molecule has 0 fully saturated rings. The molecular weight excluding hydrogens is 444 g/mol. The van der Waals surface area contributed by atoms with Crippen molar-refractivity contribution in [3.05, 3.63) is 117 Å². The average molecular weight is 457 g/mol. The van der Waals surface area contributed by atoms with Crippen molar-refractivity contribution < 1.29 is 18.8 Å². The Labute approximate surface area is 180 Å². The summed E-state index contributed by atoms with van der Waals surface area (Å²) in [5.74, 6) is -1.03. The Balaban J connectivity index is 1.79. The van der Waals surface area contributed by atoms with Crippen LogP contribution in [0, 0.1) is 0 Å². The molecule has 0 spiro atoms. The highest BCUT2D eigenvalue weighted by Crippen LogP contribution is 2.39. The molecule has 0 saturated carbocycles. The normalized spacial score (nSPS) is 12.4. The number of carbonyl (C=O) groups excluding carboxylic acids is 3. The van der Waals surface area contributed by atoms with Crippen molar-refractivity contribution in [2.24, 2.45) is 0 Å². The van der Waals surface area contributed by atoms with Crippen LogP contribution in [0.4, 0.5) is 0 Å². The Bertz CT molecular complexity index is 1330. The molecule has 4 nitrogen and oxygen atoms in total. The van der Waals surface area contributed by atoms with Crippen molar-refractivity contribution in [1.82, 2.24) is 0 Å². The Kier molecular flexibility index (Phi) is 4.33. The molecule has 1 aliphatic rings. The van der Waals surface area contributed by atoms with Gasteiger partial charge in [0.1, 0.15) is 5.76 Å². The topological polar surface area (TPSA) is 64.3 Å². The molecule has 0 atom stereocenters. The van der Waals surface area contributed by atoms with Gasteiger partial charge in [-0.15, -0.1) is 0 Å². The fourth-order valence-corrected chi connectivity index (χ4v) is 3.96. The number of hydrogen-bond donors (Lipinski definition) is 0. The van der Waals surface area contributed by atoms with Crippen molar-refractivity contribution in [2.45, 2.75) is 0 Å². The second kappa shape index (κ2) is 7.04. The van der Waals surface area contributed by atoms with Gasteiger partial charge in [-0.2, -0.15) is 0 Å². The molecule has 1 heterocycles. The maximum absolute atomic E-state index is 13.4. The van der Waals surface area contributed by atoms with Gasteiger partial charge in [0.2, 0.25) is 5.78 Å². The number of carbonyl (C=O) groups is 3. The van der Waals surface area contributed by atoms with E-state index < -0.39 is 5.78 Å². The lowest BCUT2D eigenvalue weighted by Gasteiger charge is -2.15. The summed E-state index contributed by atoms with van der Waals surface area (Å²) < 4.78 is 6.84. The average Bonchev–Trinajstić information content (AvgIpc) is 3.19. The Hall–Kier alpha value is -3.57. The Morgan fingerprint density at radius 2 is 1.27 bits per heavy atom. The van der Waals surface area contributed by atoms with Gasteiger partial charge < -0.3 is 4.42 Å². The maximum atomic E-state index is 13.4. The van der Waals surface area contributed by atoms with Gasteiger partial charge in [-0.25, -0.2) is 0 Å². The third-order valence-electron chi connectivity index (χ3n) is 5.13. The first-order valence-electron chi connectivity index (χ1n) is 9.27. The first-order valence-corrected chi connectivity index (χ1v) is 10.1. The van der Waals surface area contributed by atoms with Gasteiger partial charge in [-0.3, -0.25) is 14.4 Å². The minimum Gasteiger partial charge on any atom is -0.451 e. The second-order valence-electron chi connectivity index (χ2n) is 6.92. The number of furan rings is 1. The van der Waals surface area contributed by atoms with Gasteiger partial charge in [0.25, 0.3) is 0 Å². The third-order valence-corrected chi connectivity index (χ3v) is 5.66. The van der Waals surface area contributed by atoms with Crippen molar-refractivity contribution in [1.29, 1.82) is 0 Å². The molecule has 3 aromatic carbocycles. The predicted molar refractivity (Wildman–Crippen MR) is 115 cm³/mol. The van der Waals surface area contributed by atoms with Crippen molar-refractivity contribution in [2.75, 3.05) is 0 Å². The summed E-state index contributed by atoms with van der Waals surface area (Å²) in [4.78, 5) is 39.9. The molecule has 5 rings (SSSR count). The smallest absolute Gasteiger partial charge is 0.229 e. The molecule has 0 aliphatic heterocycles. The molecule has 4 aromatic rings. The van der Waals surface area contributed by atoms with Gasteiger partial charge in [-0.05, 0) is 12.1 Å². The van der Waals surface area contributed by atoms with Crippen LogP contribution >= 0.6 is 15.9 Å². The van der Waals surface area contributed by atoms with E-state index in [9.17, 15) is 14.4 Å². The van der Waals surface area contributed by atoms with Crippen molar-refractivity contribution in [3.63, 3.8) is 0 Å². The number of hydrogen-bond acceptors (Lipinski definition) is 4. The SMILES string of the molecule is O=C(c1ccccc1)c1oc(-c2ccc(Br)cc2)c2c1C(=O)c1ccccc1C2=O. The lowest BCUT2D eigenvalue weighted by molar-refractivity contribution is 0.0968. The van der Waals surface area contributed by atoms with E-state index in [4.69, 9.17) is 4.42 Å². The number of ketones is 3. The summed E-state index contributed by atoms with van der Waals surface area (Å²) in [6.45, 7) is 0. The maximum Gasteiger partial charge on any atom is 0.229 e. The van der Waals surface area contributed by atoms with E-state index in [1.807, 2.05) is 12.1 Å². The van der Waals surface area contributed by atoms with Crippen molar-refractivity contribution >= 4 is 33.3 Å². The summed E-state index contributed by atoms with van der Waals surface area (Å²) in [5.41, 5.74) is 1.76. The summed E-state index contributed by atoms with van der Waals surface area (Å²) in [6, 6.07) is 22.4. The fourth-order valence-electron chi connectivity index (χ4n) is 3.70. The van der Waals surface area contributed by atoms with Crippen LogP contribution < -0.4 is 0 Å². The third kappa shape index (κ3) is 2.78. The minimum atomic E-state index is -0.434. The number of rotatable bonds is 3. The highest BCUT2D eigenvalue weighted by molar-refractivity contribution is 9.10. The largest absolute Gasteiger partial charge is 0.451 e. The molecule has 0 bridgehead atoms. The molecule has 30 heavy (non-hydrogen) atoms. The van der Waals surface area contributed by atoms with Crippen LogP contribution in [0.5, 0.6) is 0 Å². The number of benzene rings is 3. The highest BCUT2D eigenvalue weighted by Gasteiger charge is 2.39. The fraction of sp³-hybridized carbons (Fsp3) is 0. The molecule has 1 aliphatic carbocycles. The molecule has 1 aromatic heterocycles. The zero-order chi connectivity index (χ0) is 20.8. The lowest BCUT2D eigenvalue weighted by atomic mass is 9.82. The number of fused-ring (bicyclic) bond motifs is 2. The molecular formula is C25H13BrO4. The quantitative estimate of drug-likeness (QED) is 0.326. The first kappa shape index (κ1) is 18.5. The second-order valence-corrected chi connectivity index (χ2v) is 7.83. The molecule has 0 unspecified atom stereocenters. The van der Waals surface area contributed by atoms with E-state index in [0.717, 1.165) is 4.47 Å². The van der Waals surface area contributed by atoms with Crippen LogP contribution in [-0.2, 0) is 0 Å². The molecule has 0 amide bonds. The zero-order valence-corrected chi connectivity index (χ0v) is 17.1. The molecule has 0 saturated heterocycles. The monoisotopic (exact) mass is 456 g/mol. The minimum absolute atomic E-state index is 0.0328. The molecule has 0 N–H and O–H groups in total. The van der Waals surface area contributed by atoms with E-state index in [2.05, 4.69) is 15.9 Å². The van der Waals surface area contributed by atoms with Crippen LogP contribution in [0.15, 0.2) is 87.8 Å². The van der Waals surface area contributed by atoms with Crippen LogP contribution in [0.1, 0.15) is 48.0 Å². The lowest BCUT2D eigenvalue weighted by Crippen LogP contribution is -2.21. The highest BCUT2D eigenvalue weighted by atomic mass is 79.9. The molecule has 144 valence electrons. The molecule has 0 radical (unpaired) electrons. The van der Waals surface area contributed by atoms with Crippen molar-refractivity contribution in [3.8, 4) is 11.3 Å².